The van der Waals surface area contributed by atoms with Crippen LogP contribution in [0, 0.1) is 0 Å². The van der Waals surface area contributed by atoms with Gasteiger partial charge in [-0.25, -0.2) is 0 Å². The molecule has 1 amide bonds. The monoisotopic (exact) mass is 614 g/mol. The number of pyridine rings is 1. The van der Waals surface area contributed by atoms with E-state index < -0.39 is 0 Å². The normalized spacial score (nSPS) is 16.4. The highest BCUT2D eigenvalue weighted by atomic mass is 32.2. The van der Waals surface area contributed by atoms with Gasteiger partial charge in [0, 0.05) is 41.8 Å². The van der Waals surface area contributed by atoms with Crippen LogP contribution in [0.5, 0.6) is 0 Å². The lowest BCUT2D eigenvalue weighted by Crippen LogP contribution is -2.47. The molecule has 0 bridgehead atoms. The molecule has 0 saturated heterocycles. The quantitative estimate of drug-likeness (QED) is 0.212. The zero-order chi connectivity index (χ0) is 30.7. The molecule has 0 spiro atoms. The molecule has 1 aromatic rings. The second-order valence-corrected chi connectivity index (χ2v) is 14.2. The van der Waals surface area contributed by atoms with Crippen molar-refractivity contribution >= 4 is 29.4 Å². The molecule has 1 heterocycles. The molecule has 5 nitrogen and oxygen atoms in total. The van der Waals surface area contributed by atoms with E-state index in [0.717, 1.165) is 41.0 Å². The first-order valence-electron chi connectivity index (χ1n) is 16.4. The summed E-state index contributed by atoms with van der Waals surface area (Å²) in [6, 6.07) is 5.31. The molecule has 0 aliphatic heterocycles. The summed E-state index contributed by atoms with van der Waals surface area (Å²) in [6.45, 7) is 21.1. The fourth-order valence-corrected chi connectivity index (χ4v) is 7.73. The Labute approximate surface area is 266 Å². The minimum atomic E-state index is 0.229. The van der Waals surface area contributed by atoms with Gasteiger partial charge in [0.25, 0.3) is 0 Å². The second kappa shape index (κ2) is 20.9. The fraction of sp³-hybridized carbons (Fsp3) is 0.657. The average Bonchev–Trinajstić information content (AvgIpc) is 3.01. The summed E-state index contributed by atoms with van der Waals surface area (Å²) in [4.78, 5) is 21.2. The molecule has 2 fully saturated rings. The van der Waals surface area contributed by atoms with E-state index in [4.69, 9.17) is 0 Å². The summed E-state index contributed by atoms with van der Waals surface area (Å²) in [6.07, 6.45) is 20.9. The van der Waals surface area contributed by atoms with Crippen LogP contribution in [-0.4, -0.2) is 51.6 Å². The Balaban J connectivity index is 0.000000581. The third-order valence-electron chi connectivity index (χ3n) is 8.04. The van der Waals surface area contributed by atoms with E-state index in [9.17, 15) is 4.79 Å². The molecule has 0 unspecified atom stereocenters. The molecule has 236 valence electrons. The zero-order valence-corrected chi connectivity index (χ0v) is 28.8. The first kappa shape index (κ1) is 36.3. The maximum atomic E-state index is 12.7. The molecule has 2 saturated carbocycles. The molecule has 0 radical (unpaired) electrons. The summed E-state index contributed by atoms with van der Waals surface area (Å²) in [7, 11) is 0. The number of carbonyl (C=O) groups is 1. The van der Waals surface area contributed by atoms with Crippen molar-refractivity contribution in [1.82, 2.24) is 20.1 Å². The summed E-state index contributed by atoms with van der Waals surface area (Å²) < 4.78 is 1.11. The van der Waals surface area contributed by atoms with Crippen LogP contribution in [0.4, 0.5) is 0 Å². The van der Waals surface area contributed by atoms with Crippen LogP contribution in [-0.2, 0) is 4.79 Å². The predicted octanol–water partition coefficient (Wildman–Crippen LogP) is 9.67. The molecule has 0 atom stereocenters. The van der Waals surface area contributed by atoms with E-state index in [-0.39, 0.29) is 5.91 Å². The molecule has 2 aliphatic carbocycles. The number of aromatic nitrogens is 1. The number of nitrogens with zero attached hydrogens (tertiary/aromatic N) is 3. The molecule has 0 aromatic carbocycles. The Morgan fingerprint density at radius 1 is 0.976 bits per heavy atom. The number of nitrogens with one attached hydrogen (secondary N) is 1. The smallest absolute Gasteiger partial charge is 0.232 e. The number of amides is 1. The molecule has 42 heavy (non-hydrogen) atoms. The maximum Gasteiger partial charge on any atom is 0.232 e. The third-order valence-corrected chi connectivity index (χ3v) is 10.3. The molecular weight excluding hydrogens is 557 g/mol. The molecular formula is C35H58N4OS2. The van der Waals surface area contributed by atoms with Crippen LogP contribution in [0.15, 0.2) is 58.8 Å². The molecule has 7 heteroatoms. The van der Waals surface area contributed by atoms with Crippen molar-refractivity contribution in [3.05, 3.63) is 64.4 Å². The van der Waals surface area contributed by atoms with Crippen molar-refractivity contribution in [2.75, 3.05) is 18.8 Å². The second-order valence-electron chi connectivity index (χ2n) is 11.8. The van der Waals surface area contributed by atoms with E-state index in [2.05, 4.69) is 62.1 Å². The molecule has 2 aliphatic rings. The van der Waals surface area contributed by atoms with Gasteiger partial charge in [-0.2, -0.15) is 0 Å². The van der Waals surface area contributed by atoms with Crippen LogP contribution in [0.2, 0.25) is 0 Å². The summed E-state index contributed by atoms with van der Waals surface area (Å²) in [5.74, 6) is 2.34. The van der Waals surface area contributed by atoms with Gasteiger partial charge in [-0.05, 0) is 69.1 Å². The summed E-state index contributed by atoms with van der Waals surface area (Å²) >= 11 is 3.24. The Hall–Kier alpha value is -1.86. The van der Waals surface area contributed by atoms with E-state index in [1.165, 1.54) is 69.8 Å². The van der Waals surface area contributed by atoms with Crippen LogP contribution in [0.3, 0.4) is 0 Å². The number of rotatable bonds is 15. The van der Waals surface area contributed by atoms with E-state index >= 15 is 0 Å². The zero-order valence-electron chi connectivity index (χ0n) is 27.2. The number of thioether (sulfide) groups is 2. The minimum absolute atomic E-state index is 0.229. The van der Waals surface area contributed by atoms with E-state index in [0.29, 0.717) is 23.8 Å². The van der Waals surface area contributed by atoms with Gasteiger partial charge >= 0.3 is 0 Å². The Morgan fingerprint density at radius 2 is 1.50 bits per heavy atom. The highest BCUT2D eigenvalue weighted by Gasteiger charge is 2.30. The first-order valence-corrected chi connectivity index (χ1v) is 18.2. The van der Waals surface area contributed by atoms with E-state index in [1.807, 2.05) is 36.4 Å². The standard InChI is InChI=1S/C27H47N3OS2.C8H11N/c1-6-19-29(20-7-2)26(31)21-32-27(8-3)33-23(5)28-22(4)30(24-15-11-9-12-16-24)25-17-13-10-14-18-25;1-7(2)8-3-5-9-6-4-8/h8,24-25,28H,4-7,9-21H2,1-3H3;3-7H,1-2H3/b27-8-;. The SMILES string of the molecule is C=C(NC(=C)N(C1CCCCC1)C1CCCCC1)S/C(=C\C)SCC(=O)N(CCC)CCC.CC(C)c1ccncc1. The van der Waals surface area contributed by atoms with Gasteiger partial charge in [0.15, 0.2) is 0 Å². The highest BCUT2D eigenvalue weighted by Crippen LogP contribution is 2.35. The van der Waals surface area contributed by atoms with Crippen molar-refractivity contribution in [3.63, 3.8) is 0 Å². The highest BCUT2D eigenvalue weighted by molar-refractivity contribution is 8.24. The van der Waals surface area contributed by atoms with Crippen LogP contribution in [0.1, 0.15) is 123 Å². The van der Waals surface area contributed by atoms with Gasteiger partial charge in [-0.1, -0.05) is 97.2 Å². The van der Waals surface area contributed by atoms with Gasteiger partial charge in [-0.3, -0.25) is 9.78 Å². The van der Waals surface area contributed by atoms with Crippen molar-refractivity contribution in [3.8, 4) is 0 Å². The van der Waals surface area contributed by atoms with Crippen LogP contribution >= 0.6 is 23.5 Å². The van der Waals surface area contributed by atoms with E-state index in [1.54, 1.807) is 23.5 Å². The Morgan fingerprint density at radius 3 is 1.93 bits per heavy atom. The van der Waals surface area contributed by atoms with Gasteiger partial charge in [0.2, 0.25) is 5.91 Å². The van der Waals surface area contributed by atoms with Crippen LogP contribution in [0.25, 0.3) is 0 Å². The number of hydrogen-bond acceptors (Lipinski definition) is 6. The van der Waals surface area contributed by atoms with Gasteiger partial charge < -0.3 is 15.1 Å². The maximum absolute atomic E-state index is 12.7. The largest absolute Gasteiger partial charge is 0.353 e. The number of hydrogen-bond donors (Lipinski definition) is 1. The Kier molecular flexibility index (Phi) is 18.1. The summed E-state index contributed by atoms with van der Waals surface area (Å²) in [5, 5.41) is 4.43. The lowest BCUT2D eigenvalue weighted by atomic mass is 9.88. The topological polar surface area (TPSA) is 48.5 Å². The van der Waals surface area contributed by atoms with Crippen molar-refractivity contribution < 1.29 is 4.79 Å². The fourth-order valence-electron chi connectivity index (χ4n) is 5.88. The van der Waals surface area contributed by atoms with Crippen molar-refractivity contribution in [2.45, 2.75) is 130 Å². The van der Waals surface area contributed by atoms with Gasteiger partial charge in [-0.15, -0.1) is 11.8 Å². The van der Waals surface area contributed by atoms with Gasteiger partial charge in [0.05, 0.1) is 16.6 Å². The predicted molar refractivity (Wildman–Crippen MR) is 186 cm³/mol. The average molecular weight is 615 g/mol. The van der Waals surface area contributed by atoms with Crippen molar-refractivity contribution in [2.24, 2.45) is 0 Å². The van der Waals surface area contributed by atoms with Crippen molar-refractivity contribution in [1.29, 1.82) is 0 Å². The third kappa shape index (κ3) is 13.2. The Bertz CT molecular complexity index is 929. The number of allylic oxidation sites excluding steroid dienone is 1. The lowest BCUT2D eigenvalue weighted by Gasteiger charge is -2.44. The summed E-state index contributed by atoms with van der Waals surface area (Å²) in [5.41, 5.74) is 1.35. The van der Waals surface area contributed by atoms with Gasteiger partial charge in [0.1, 0.15) is 0 Å². The first-order chi connectivity index (χ1) is 20.3. The lowest BCUT2D eigenvalue weighted by molar-refractivity contribution is -0.128. The molecule has 3 rings (SSSR count). The molecule has 1 N–H and O–H groups in total. The minimum Gasteiger partial charge on any atom is -0.353 e. The number of carbonyl (C=O) groups excluding carboxylic acids is 1. The molecule has 1 aromatic heterocycles. The van der Waals surface area contributed by atoms with Crippen LogP contribution < -0.4 is 5.32 Å².